The summed E-state index contributed by atoms with van der Waals surface area (Å²) in [6.07, 6.45) is 0.235. The minimum absolute atomic E-state index is 0.107. The Balaban J connectivity index is 1.52. The fourth-order valence-corrected chi connectivity index (χ4v) is 2.53. The summed E-state index contributed by atoms with van der Waals surface area (Å²) in [6, 6.07) is 9.99. The largest absolute Gasteiger partial charge is 0.468 e. The number of hydrogen-bond acceptors (Lipinski definition) is 7. The van der Waals surface area contributed by atoms with Gasteiger partial charge in [-0.05, 0) is 35.0 Å². The molecule has 10 heteroatoms. The van der Waals surface area contributed by atoms with Crippen molar-refractivity contribution in [2.75, 3.05) is 6.61 Å². The predicted molar refractivity (Wildman–Crippen MR) is 95.2 cm³/mol. The lowest BCUT2D eigenvalue weighted by atomic mass is 10.1. The number of alkyl halides is 3. The lowest BCUT2D eigenvalue weighted by molar-refractivity contribution is -0.154. The molecule has 7 nitrogen and oxygen atoms in total. The fraction of sp³-hybridized carbons (Fsp3) is 0.158. The van der Waals surface area contributed by atoms with Crippen LogP contribution >= 0.6 is 0 Å². The van der Waals surface area contributed by atoms with E-state index in [-0.39, 0.29) is 18.4 Å². The maximum atomic E-state index is 12.2. The number of nitrogens with zero attached hydrogens (tertiary/aromatic N) is 4. The van der Waals surface area contributed by atoms with Gasteiger partial charge in [0.2, 0.25) is 5.88 Å². The van der Waals surface area contributed by atoms with Crippen LogP contribution in [0.4, 0.5) is 13.2 Å². The molecule has 0 aliphatic rings. The van der Waals surface area contributed by atoms with Crippen molar-refractivity contribution in [3.63, 3.8) is 0 Å². The number of aromatic nitrogens is 4. The van der Waals surface area contributed by atoms with Crippen LogP contribution in [0.1, 0.15) is 5.82 Å². The maximum Gasteiger partial charge on any atom is 0.422 e. The first-order chi connectivity index (χ1) is 14.0. The predicted octanol–water partition coefficient (Wildman–Crippen LogP) is 4.20. The molecule has 0 unspecified atom stereocenters. The van der Waals surface area contributed by atoms with E-state index in [2.05, 4.69) is 24.8 Å². The molecule has 148 valence electrons. The highest BCUT2D eigenvalue weighted by Gasteiger charge is 2.28. The second-order valence-corrected chi connectivity index (χ2v) is 5.94. The van der Waals surface area contributed by atoms with Crippen LogP contribution in [0.3, 0.4) is 0 Å². The summed E-state index contributed by atoms with van der Waals surface area (Å²) in [4.78, 5) is 12.1. The van der Waals surface area contributed by atoms with E-state index < -0.39 is 12.8 Å². The van der Waals surface area contributed by atoms with E-state index in [0.717, 1.165) is 5.56 Å². The van der Waals surface area contributed by atoms with Crippen molar-refractivity contribution >= 4 is 11.0 Å². The lowest BCUT2D eigenvalue weighted by Gasteiger charge is -2.08. The first-order valence-corrected chi connectivity index (χ1v) is 8.42. The first-order valence-electron chi connectivity index (χ1n) is 8.42. The highest BCUT2D eigenvalue weighted by molar-refractivity contribution is 5.87. The van der Waals surface area contributed by atoms with E-state index in [1.165, 1.54) is 12.3 Å². The van der Waals surface area contributed by atoms with E-state index in [4.69, 9.17) is 9.26 Å². The monoisotopic (exact) mass is 402 g/mol. The molecule has 29 heavy (non-hydrogen) atoms. The molecule has 0 amide bonds. The molecule has 0 bridgehead atoms. The molecule has 0 aliphatic heterocycles. The number of hydrogen-bond donors (Lipinski definition) is 0. The summed E-state index contributed by atoms with van der Waals surface area (Å²) < 4.78 is 52.2. The third-order valence-corrected chi connectivity index (χ3v) is 3.85. The van der Waals surface area contributed by atoms with Gasteiger partial charge in [-0.15, -0.1) is 0 Å². The molecule has 0 atom stereocenters. The summed E-state index contributed by atoms with van der Waals surface area (Å²) in [5.74, 6) is 0.676. The Labute approximate surface area is 162 Å². The van der Waals surface area contributed by atoms with Crippen molar-refractivity contribution in [1.29, 1.82) is 0 Å². The normalized spacial score (nSPS) is 11.6. The standard InChI is InChI=1S/C19H13F3N4O3/c20-19(21,22)11-28-17-5-3-13(9-25-17)12-2-4-15-14(8-12)18(26-29-15)27-10-16-23-6-1-7-24-16/h1-9H,10-11H2. The highest BCUT2D eigenvalue weighted by Crippen LogP contribution is 2.31. The van der Waals surface area contributed by atoms with Crippen molar-refractivity contribution in [3.05, 3.63) is 60.8 Å². The SMILES string of the molecule is FC(F)(F)COc1ccc(-c2ccc3onc(OCc4ncccn4)c3c2)cn1. The average molecular weight is 402 g/mol. The van der Waals surface area contributed by atoms with Gasteiger partial charge in [-0.25, -0.2) is 15.0 Å². The topological polar surface area (TPSA) is 83.2 Å². The third-order valence-electron chi connectivity index (χ3n) is 3.85. The molecular formula is C19H13F3N4O3. The minimum Gasteiger partial charge on any atom is -0.468 e. The Bertz CT molecular complexity index is 1100. The number of ether oxygens (including phenoxy) is 2. The maximum absolute atomic E-state index is 12.2. The molecule has 3 heterocycles. The van der Waals surface area contributed by atoms with Gasteiger partial charge in [0.05, 0.1) is 5.39 Å². The van der Waals surface area contributed by atoms with Gasteiger partial charge in [-0.2, -0.15) is 13.2 Å². The first kappa shape index (κ1) is 18.7. The van der Waals surface area contributed by atoms with Crippen LogP contribution in [0.5, 0.6) is 11.8 Å². The number of pyridine rings is 1. The Morgan fingerprint density at radius 3 is 2.45 bits per heavy atom. The molecule has 0 N–H and O–H groups in total. The summed E-state index contributed by atoms with van der Waals surface area (Å²) in [5, 5.41) is 4.55. The second-order valence-electron chi connectivity index (χ2n) is 5.94. The lowest BCUT2D eigenvalue weighted by Crippen LogP contribution is -2.19. The highest BCUT2D eigenvalue weighted by atomic mass is 19.4. The van der Waals surface area contributed by atoms with E-state index >= 15 is 0 Å². The summed E-state index contributed by atoms with van der Waals surface area (Å²) in [7, 11) is 0. The number of halogens is 3. The fourth-order valence-electron chi connectivity index (χ4n) is 2.53. The van der Waals surface area contributed by atoms with Gasteiger partial charge in [0.1, 0.15) is 6.61 Å². The van der Waals surface area contributed by atoms with E-state index in [0.29, 0.717) is 22.4 Å². The van der Waals surface area contributed by atoms with Crippen LogP contribution in [-0.2, 0) is 6.61 Å². The van der Waals surface area contributed by atoms with Gasteiger partial charge in [0.25, 0.3) is 5.88 Å². The van der Waals surface area contributed by atoms with Crippen LogP contribution in [0.15, 0.2) is 59.5 Å². The molecule has 0 saturated heterocycles. The van der Waals surface area contributed by atoms with Crippen LogP contribution in [0.2, 0.25) is 0 Å². The van der Waals surface area contributed by atoms with Gasteiger partial charge in [0, 0.05) is 30.2 Å². The number of fused-ring (bicyclic) bond motifs is 1. The zero-order chi connectivity index (χ0) is 20.3. The molecule has 0 aliphatic carbocycles. The van der Waals surface area contributed by atoms with Crippen LogP contribution in [0, 0.1) is 0 Å². The van der Waals surface area contributed by atoms with Crippen LogP contribution in [0.25, 0.3) is 22.1 Å². The zero-order valence-electron chi connectivity index (χ0n) is 14.8. The Kier molecular flexibility index (Phi) is 4.98. The molecular weight excluding hydrogens is 389 g/mol. The minimum atomic E-state index is -4.42. The molecule has 0 spiro atoms. The van der Waals surface area contributed by atoms with Crippen LogP contribution in [-0.4, -0.2) is 32.9 Å². The molecule has 3 aromatic heterocycles. The van der Waals surface area contributed by atoms with Gasteiger partial charge < -0.3 is 14.0 Å². The molecule has 0 fully saturated rings. The van der Waals surface area contributed by atoms with E-state index in [1.807, 2.05) is 0 Å². The summed E-state index contributed by atoms with van der Waals surface area (Å²) in [6.45, 7) is -1.27. The number of benzene rings is 1. The van der Waals surface area contributed by atoms with Gasteiger partial charge >= 0.3 is 6.18 Å². The Morgan fingerprint density at radius 1 is 0.931 bits per heavy atom. The van der Waals surface area contributed by atoms with Crippen molar-refractivity contribution < 1.29 is 27.2 Å². The molecule has 4 rings (SSSR count). The molecule has 1 aromatic carbocycles. The molecule has 0 saturated carbocycles. The van der Waals surface area contributed by atoms with Gasteiger partial charge in [-0.1, -0.05) is 6.07 Å². The van der Waals surface area contributed by atoms with Gasteiger partial charge in [-0.3, -0.25) is 0 Å². The molecule has 4 aromatic rings. The van der Waals surface area contributed by atoms with Crippen LogP contribution < -0.4 is 9.47 Å². The van der Waals surface area contributed by atoms with Crippen molar-refractivity contribution in [2.24, 2.45) is 0 Å². The summed E-state index contributed by atoms with van der Waals surface area (Å²) >= 11 is 0. The Hall–Kier alpha value is -3.69. The number of rotatable bonds is 6. The van der Waals surface area contributed by atoms with Crippen molar-refractivity contribution in [3.8, 4) is 22.9 Å². The molecule has 0 radical (unpaired) electrons. The van der Waals surface area contributed by atoms with Crippen molar-refractivity contribution in [1.82, 2.24) is 20.1 Å². The van der Waals surface area contributed by atoms with Crippen molar-refractivity contribution in [2.45, 2.75) is 12.8 Å². The van der Waals surface area contributed by atoms with E-state index in [9.17, 15) is 13.2 Å². The van der Waals surface area contributed by atoms with E-state index in [1.54, 1.807) is 42.7 Å². The second kappa shape index (κ2) is 7.74. The quantitative estimate of drug-likeness (QED) is 0.478. The summed E-state index contributed by atoms with van der Waals surface area (Å²) in [5.41, 5.74) is 1.97. The third kappa shape index (κ3) is 4.60. The van der Waals surface area contributed by atoms with Gasteiger partial charge in [0.15, 0.2) is 18.0 Å². The Morgan fingerprint density at radius 2 is 1.72 bits per heavy atom. The average Bonchev–Trinajstić information content (AvgIpc) is 3.13. The smallest absolute Gasteiger partial charge is 0.422 e. The zero-order valence-corrected chi connectivity index (χ0v) is 14.8.